The molecule has 0 spiro atoms. The van der Waals surface area contributed by atoms with Crippen LogP contribution in [0.25, 0.3) is 11.1 Å². The highest BCUT2D eigenvalue weighted by Crippen LogP contribution is 2.29. The van der Waals surface area contributed by atoms with Crippen LogP contribution < -0.4 is 21.8 Å². The number of benzene rings is 3. The molecule has 0 aliphatic rings. The van der Waals surface area contributed by atoms with Gasteiger partial charge < -0.3 is 16.4 Å². The summed E-state index contributed by atoms with van der Waals surface area (Å²) in [6, 6.07) is 17.6. The molecule has 0 saturated heterocycles. The van der Waals surface area contributed by atoms with Gasteiger partial charge in [-0.15, -0.1) is 0 Å². The second-order valence-corrected chi connectivity index (χ2v) is 9.75. The molecule has 0 aliphatic carbocycles. The van der Waals surface area contributed by atoms with Gasteiger partial charge in [-0.3, -0.25) is 25.0 Å². The van der Waals surface area contributed by atoms with Crippen molar-refractivity contribution in [3.8, 4) is 11.1 Å². The number of nitrogens with one attached hydrogen (secondary N) is 4. The van der Waals surface area contributed by atoms with Crippen LogP contribution in [-0.4, -0.2) is 34.8 Å². The van der Waals surface area contributed by atoms with Crippen LogP contribution in [0.3, 0.4) is 0 Å². The third-order valence-corrected chi connectivity index (χ3v) is 6.19. The highest BCUT2D eigenvalue weighted by atomic mass is 16.5. The van der Waals surface area contributed by atoms with Gasteiger partial charge in [-0.25, -0.2) is 5.48 Å². The summed E-state index contributed by atoms with van der Waals surface area (Å²) in [5.41, 5.74) is 9.33. The number of hydroxylamine groups is 1. The first-order valence-electron chi connectivity index (χ1n) is 11.7. The van der Waals surface area contributed by atoms with E-state index in [4.69, 9.17) is 11.1 Å². The summed E-state index contributed by atoms with van der Waals surface area (Å²) >= 11 is 0. The molecule has 0 aromatic heterocycles. The van der Waals surface area contributed by atoms with Crippen molar-refractivity contribution in [2.75, 3.05) is 5.32 Å². The number of hydrogen-bond donors (Lipinski definition) is 6. The SMILES string of the molecule is C[C@@H](NC(=O)c1ccc(-c2ccccc2C(=O)Nc2ccc(C(=N)N)cc2)c(C(=O)NO)c1)C(C)(C)C. The van der Waals surface area contributed by atoms with Gasteiger partial charge in [0.15, 0.2) is 0 Å². The molecule has 3 aromatic carbocycles. The zero-order chi connectivity index (χ0) is 27.3. The molecule has 192 valence electrons. The van der Waals surface area contributed by atoms with E-state index < -0.39 is 11.8 Å². The number of carbonyl (C=O) groups is 3. The lowest BCUT2D eigenvalue weighted by atomic mass is 9.87. The zero-order valence-electron chi connectivity index (χ0n) is 21.2. The van der Waals surface area contributed by atoms with Crippen LogP contribution in [0.15, 0.2) is 66.7 Å². The molecule has 0 heterocycles. The lowest BCUT2D eigenvalue weighted by Crippen LogP contribution is -2.41. The van der Waals surface area contributed by atoms with Crippen molar-refractivity contribution in [1.82, 2.24) is 10.8 Å². The van der Waals surface area contributed by atoms with E-state index in [-0.39, 0.29) is 39.9 Å². The number of amides is 3. The molecule has 0 unspecified atom stereocenters. The van der Waals surface area contributed by atoms with Gasteiger partial charge in [0.05, 0.1) is 5.56 Å². The van der Waals surface area contributed by atoms with Gasteiger partial charge in [0.25, 0.3) is 17.7 Å². The number of rotatable bonds is 7. The summed E-state index contributed by atoms with van der Waals surface area (Å²) in [5, 5.41) is 22.6. The molecule has 0 aliphatic heterocycles. The van der Waals surface area contributed by atoms with Gasteiger partial charge in [0.2, 0.25) is 0 Å². The normalized spacial score (nSPS) is 11.8. The summed E-state index contributed by atoms with van der Waals surface area (Å²) in [6.45, 7) is 7.91. The Kier molecular flexibility index (Phi) is 8.09. The lowest BCUT2D eigenvalue weighted by molar-refractivity contribution is 0.0707. The Morgan fingerprint density at radius 1 is 0.838 bits per heavy atom. The van der Waals surface area contributed by atoms with Gasteiger partial charge in [0.1, 0.15) is 5.84 Å². The Hall–Kier alpha value is -4.50. The Morgan fingerprint density at radius 2 is 1.43 bits per heavy atom. The minimum absolute atomic E-state index is 0.0321. The molecule has 0 radical (unpaired) electrons. The van der Waals surface area contributed by atoms with Crippen LogP contribution >= 0.6 is 0 Å². The highest BCUT2D eigenvalue weighted by Gasteiger charge is 2.24. The molecule has 9 nitrogen and oxygen atoms in total. The summed E-state index contributed by atoms with van der Waals surface area (Å²) < 4.78 is 0. The first kappa shape index (κ1) is 27.1. The predicted molar refractivity (Wildman–Crippen MR) is 143 cm³/mol. The van der Waals surface area contributed by atoms with Crippen molar-refractivity contribution in [3.05, 3.63) is 89.0 Å². The molecule has 0 bridgehead atoms. The third kappa shape index (κ3) is 6.39. The molecule has 7 N–H and O–H groups in total. The monoisotopic (exact) mass is 501 g/mol. The second kappa shape index (κ2) is 11.0. The van der Waals surface area contributed by atoms with Crippen LogP contribution in [0.5, 0.6) is 0 Å². The average molecular weight is 502 g/mol. The molecule has 3 rings (SSSR count). The van der Waals surface area contributed by atoms with Gasteiger partial charge in [0, 0.05) is 28.4 Å². The minimum Gasteiger partial charge on any atom is -0.384 e. The van der Waals surface area contributed by atoms with Crippen LogP contribution in [0.2, 0.25) is 0 Å². The standard InChI is InChI=1S/C28H31N5O4/c1-16(28(2,3)4)31-25(34)18-11-14-21(23(15-18)27(36)33-37)20-7-5-6-8-22(20)26(35)32-19-12-9-17(10-13-19)24(29)30/h5-16,37H,1-4H3,(H3,29,30)(H,31,34)(H,32,35)(H,33,36)/t16-/m1/s1. The van der Waals surface area contributed by atoms with Crippen molar-refractivity contribution < 1.29 is 19.6 Å². The van der Waals surface area contributed by atoms with E-state index in [0.717, 1.165) is 0 Å². The predicted octanol–water partition coefficient (Wildman–Crippen LogP) is 4.17. The molecular weight excluding hydrogens is 470 g/mol. The van der Waals surface area contributed by atoms with Gasteiger partial charge in [-0.05, 0) is 65.9 Å². The van der Waals surface area contributed by atoms with Crippen LogP contribution in [0.1, 0.15) is 64.3 Å². The maximum atomic E-state index is 13.2. The maximum absolute atomic E-state index is 13.2. The number of carbonyl (C=O) groups excluding carboxylic acids is 3. The first-order chi connectivity index (χ1) is 17.4. The Bertz CT molecular complexity index is 1340. The van der Waals surface area contributed by atoms with E-state index in [2.05, 4.69) is 10.6 Å². The molecule has 3 amide bonds. The third-order valence-electron chi connectivity index (χ3n) is 6.19. The molecule has 1 atom stereocenters. The van der Waals surface area contributed by atoms with Gasteiger partial charge in [-0.1, -0.05) is 45.0 Å². The summed E-state index contributed by atoms with van der Waals surface area (Å²) in [4.78, 5) is 38.6. The van der Waals surface area contributed by atoms with E-state index in [1.165, 1.54) is 6.07 Å². The number of nitrogen functional groups attached to an aromatic ring is 1. The molecule has 3 aromatic rings. The molecule has 0 saturated carbocycles. The van der Waals surface area contributed by atoms with E-state index in [1.54, 1.807) is 66.1 Å². The highest BCUT2D eigenvalue weighted by molar-refractivity contribution is 6.11. The quantitative estimate of drug-likeness (QED) is 0.124. The maximum Gasteiger partial charge on any atom is 0.275 e. The van der Waals surface area contributed by atoms with Gasteiger partial charge in [-0.2, -0.15) is 0 Å². The summed E-state index contributed by atoms with van der Waals surface area (Å²) in [7, 11) is 0. The van der Waals surface area contributed by atoms with Crippen molar-refractivity contribution in [2.24, 2.45) is 11.1 Å². The van der Waals surface area contributed by atoms with Crippen LogP contribution in [-0.2, 0) is 0 Å². The lowest BCUT2D eigenvalue weighted by Gasteiger charge is -2.28. The largest absolute Gasteiger partial charge is 0.384 e. The molecule has 0 fully saturated rings. The van der Waals surface area contributed by atoms with Crippen LogP contribution in [0, 0.1) is 10.8 Å². The fourth-order valence-electron chi connectivity index (χ4n) is 3.51. The minimum atomic E-state index is -0.816. The Morgan fingerprint density at radius 3 is 2.03 bits per heavy atom. The molecule has 9 heteroatoms. The fourth-order valence-corrected chi connectivity index (χ4v) is 3.51. The first-order valence-corrected chi connectivity index (χ1v) is 11.7. The molecule has 37 heavy (non-hydrogen) atoms. The van der Waals surface area contributed by atoms with Crippen molar-refractivity contribution in [1.29, 1.82) is 5.41 Å². The average Bonchev–Trinajstić information content (AvgIpc) is 2.87. The topological polar surface area (TPSA) is 157 Å². The number of amidine groups is 1. The van der Waals surface area contributed by atoms with Crippen molar-refractivity contribution >= 4 is 29.2 Å². The number of anilines is 1. The zero-order valence-corrected chi connectivity index (χ0v) is 21.2. The van der Waals surface area contributed by atoms with E-state index in [0.29, 0.717) is 22.4 Å². The van der Waals surface area contributed by atoms with Crippen LogP contribution in [0.4, 0.5) is 5.69 Å². The Labute approximate surface area is 215 Å². The molecular formula is C28H31N5O4. The smallest absolute Gasteiger partial charge is 0.275 e. The van der Waals surface area contributed by atoms with Crippen molar-refractivity contribution in [3.63, 3.8) is 0 Å². The van der Waals surface area contributed by atoms with E-state index in [1.807, 2.05) is 27.7 Å². The summed E-state index contributed by atoms with van der Waals surface area (Å²) in [5.74, 6) is -1.69. The number of nitrogens with two attached hydrogens (primary N) is 1. The van der Waals surface area contributed by atoms with E-state index in [9.17, 15) is 19.6 Å². The number of hydrogen-bond acceptors (Lipinski definition) is 5. The second-order valence-electron chi connectivity index (χ2n) is 9.75. The fraction of sp³-hybridized carbons (Fsp3) is 0.214. The van der Waals surface area contributed by atoms with E-state index >= 15 is 0 Å². The Balaban J connectivity index is 1.98. The van der Waals surface area contributed by atoms with Gasteiger partial charge >= 0.3 is 0 Å². The summed E-state index contributed by atoms with van der Waals surface area (Å²) in [6.07, 6.45) is 0. The van der Waals surface area contributed by atoms with Crippen molar-refractivity contribution in [2.45, 2.75) is 33.7 Å².